The second-order valence-electron chi connectivity index (χ2n) is 4.44. The smallest absolute Gasteiger partial charge is 0.317 e. The van der Waals surface area contributed by atoms with Crippen LogP contribution in [0.2, 0.25) is 0 Å². The van der Waals surface area contributed by atoms with Gasteiger partial charge in [0.1, 0.15) is 5.76 Å². The molecule has 0 aliphatic heterocycles. The SMILES string of the molecule is C=CCN(CC(=O)O)C(c1ccccc1)c1ccco1. The predicted molar refractivity (Wildman–Crippen MR) is 76.4 cm³/mol. The fourth-order valence-electron chi connectivity index (χ4n) is 2.24. The Bertz CT molecular complexity index is 548. The number of hydrogen-bond acceptors (Lipinski definition) is 3. The molecule has 0 saturated heterocycles. The molecule has 2 aromatic rings. The lowest BCUT2D eigenvalue weighted by Crippen LogP contribution is -2.34. The topological polar surface area (TPSA) is 53.7 Å². The number of carboxylic acid groups (broad SMARTS) is 1. The number of carbonyl (C=O) groups is 1. The Morgan fingerprint density at radius 3 is 2.60 bits per heavy atom. The summed E-state index contributed by atoms with van der Waals surface area (Å²) in [6.07, 6.45) is 3.29. The van der Waals surface area contributed by atoms with Gasteiger partial charge in [-0.3, -0.25) is 9.69 Å². The molecule has 1 aromatic carbocycles. The molecule has 1 atom stereocenters. The molecular formula is C16H17NO3. The number of aliphatic carboxylic acids is 1. The summed E-state index contributed by atoms with van der Waals surface area (Å²) in [5, 5.41) is 9.10. The van der Waals surface area contributed by atoms with E-state index in [4.69, 9.17) is 9.52 Å². The molecule has 2 rings (SSSR count). The summed E-state index contributed by atoms with van der Waals surface area (Å²) >= 11 is 0. The van der Waals surface area contributed by atoms with Crippen LogP contribution in [0.1, 0.15) is 17.4 Å². The minimum absolute atomic E-state index is 0.0771. The Morgan fingerprint density at radius 2 is 2.05 bits per heavy atom. The number of nitrogens with zero attached hydrogens (tertiary/aromatic N) is 1. The first kappa shape index (κ1) is 14.1. The quantitative estimate of drug-likeness (QED) is 0.787. The fourth-order valence-corrected chi connectivity index (χ4v) is 2.24. The van der Waals surface area contributed by atoms with Crippen molar-refractivity contribution in [1.82, 2.24) is 4.90 Å². The fraction of sp³-hybridized carbons (Fsp3) is 0.188. The molecule has 1 N–H and O–H groups in total. The normalized spacial score (nSPS) is 12.2. The molecule has 1 heterocycles. The maximum absolute atomic E-state index is 11.1. The molecule has 0 amide bonds. The first-order chi connectivity index (χ1) is 9.72. The largest absolute Gasteiger partial charge is 0.480 e. The Hall–Kier alpha value is -2.33. The van der Waals surface area contributed by atoms with Gasteiger partial charge in [-0.15, -0.1) is 6.58 Å². The van der Waals surface area contributed by atoms with Crippen molar-refractivity contribution >= 4 is 5.97 Å². The van der Waals surface area contributed by atoms with Crippen molar-refractivity contribution in [2.75, 3.05) is 13.1 Å². The molecule has 1 aromatic heterocycles. The van der Waals surface area contributed by atoms with Crippen LogP contribution in [-0.4, -0.2) is 29.1 Å². The van der Waals surface area contributed by atoms with Crippen molar-refractivity contribution in [3.63, 3.8) is 0 Å². The number of carboxylic acids is 1. The van der Waals surface area contributed by atoms with E-state index >= 15 is 0 Å². The second kappa shape index (κ2) is 6.73. The van der Waals surface area contributed by atoms with Gasteiger partial charge in [0.15, 0.2) is 0 Å². The highest BCUT2D eigenvalue weighted by Crippen LogP contribution is 2.28. The zero-order valence-electron chi connectivity index (χ0n) is 11.1. The molecule has 1 unspecified atom stereocenters. The average molecular weight is 271 g/mol. The van der Waals surface area contributed by atoms with Crippen LogP contribution in [0.15, 0.2) is 65.8 Å². The lowest BCUT2D eigenvalue weighted by Gasteiger charge is -2.28. The van der Waals surface area contributed by atoms with Crippen LogP contribution in [-0.2, 0) is 4.79 Å². The summed E-state index contributed by atoms with van der Waals surface area (Å²) in [4.78, 5) is 12.9. The van der Waals surface area contributed by atoms with Crippen molar-refractivity contribution in [2.45, 2.75) is 6.04 Å². The van der Waals surface area contributed by atoms with Gasteiger partial charge in [-0.05, 0) is 17.7 Å². The average Bonchev–Trinajstić information content (AvgIpc) is 2.94. The van der Waals surface area contributed by atoms with Crippen LogP contribution >= 0.6 is 0 Å². The van der Waals surface area contributed by atoms with Gasteiger partial charge in [-0.1, -0.05) is 36.4 Å². The van der Waals surface area contributed by atoms with Crippen molar-refractivity contribution < 1.29 is 14.3 Å². The van der Waals surface area contributed by atoms with Gasteiger partial charge in [-0.2, -0.15) is 0 Å². The van der Waals surface area contributed by atoms with E-state index < -0.39 is 5.97 Å². The monoisotopic (exact) mass is 271 g/mol. The van der Waals surface area contributed by atoms with E-state index in [0.29, 0.717) is 6.54 Å². The Morgan fingerprint density at radius 1 is 1.30 bits per heavy atom. The van der Waals surface area contributed by atoms with Gasteiger partial charge < -0.3 is 9.52 Å². The third-order valence-electron chi connectivity index (χ3n) is 3.00. The molecule has 0 radical (unpaired) electrons. The third-order valence-corrected chi connectivity index (χ3v) is 3.00. The van der Waals surface area contributed by atoms with Gasteiger partial charge >= 0.3 is 5.97 Å². The number of hydrogen-bond donors (Lipinski definition) is 1. The highest BCUT2D eigenvalue weighted by Gasteiger charge is 2.25. The van der Waals surface area contributed by atoms with Crippen LogP contribution in [0.4, 0.5) is 0 Å². The zero-order valence-corrected chi connectivity index (χ0v) is 11.1. The Balaban J connectivity index is 2.39. The molecule has 0 fully saturated rings. The molecule has 0 aliphatic carbocycles. The molecule has 0 aliphatic rings. The summed E-state index contributed by atoms with van der Waals surface area (Å²) in [5.74, 6) is -0.154. The number of benzene rings is 1. The third kappa shape index (κ3) is 3.36. The van der Waals surface area contributed by atoms with Crippen LogP contribution < -0.4 is 0 Å². The molecule has 104 valence electrons. The second-order valence-corrected chi connectivity index (χ2v) is 4.44. The Labute approximate surface area is 117 Å². The summed E-state index contributed by atoms with van der Waals surface area (Å²) in [5.41, 5.74) is 0.991. The highest BCUT2D eigenvalue weighted by atomic mass is 16.4. The molecular weight excluding hydrogens is 254 g/mol. The summed E-state index contributed by atoms with van der Waals surface area (Å²) in [7, 11) is 0. The molecule has 20 heavy (non-hydrogen) atoms. The van der Waals surface area contributed by atoms with Gasteiger partial charge in [-0.25, -0.2) is 0 Å². The lowest BCUT2D eigenvalue weighted by molar-refractivity contribution is -0.138. The first-order valence-corrected chi connectivity index (χ1v) is 6.37. The first-order valence-electron chi connectivity index (χ1n) is 6.37. The number of furan rings is 1. The van der Waals surface area contributed by atoms with Gasteiger partial charge in [0.2, 0.25) is 0 Å². The summed E-state index contributed by atoms with van der Waals surface area (Å²) < 4.78 is 5.49. The van der Waals surface area contributed by atoms with Crippen LogP contribution in [0.25, 0.3) is 0 Å². The van der Waals surface area contributed by atoms with E-state index in [2.05, 4.69) is 6.58 Å². The van der Waals surface area contributed by atoms with Gasteiger partial charge in [0, 0.05) is 6.54 Å². The van der Waals surface area contributed by atoms with E-state index in [-0.39, 0.29) is 12.6 Å². The van der Waals surface area contributed by atoms with Gasteiger partial charge in [0.25, 0.3) is 0 Å². The number of rotatable bonds is 7. The van der Waals surface area contributed by atoms with Crippen molar-refractivity contribution in [3.8, 4) is 0 Å². The molecule has 0 saturated carbocycles. The summed E-state index contributed by atoms with van der Waals surface area (Å²) in [6, 6.07) is 13.1. The molecule has 0 bridgehead atoms. The van der Waals surface area contributed by atoms with E-state index in [1.165, 1.54) is 0 Å². The minimum Gasteiger partial charge on any atom is -0.480 e. The Kier molecular flexibility index (Phi) is 4.74. The summed E-state index contributed by atoms with van der Waals surface area (Å²) in [6.45, 7) is 4.09. The van der Waals surface area contributed by atoms with E-state index in [0.717, 1.165) is 11.3 Å². The molecule has 4 nitrogen and oxygen atoms in total. The zero-order chi connectivity index (χ0) is 14.4. The van der Waals surface area contributed by atoms with E-state index in [9.17, 15) is 4.79 Å². The predicted octanol–water partition coefficient (Wildman–Crippen LogP) is 2.94. The van der Waals surface area contributed by atoms with Crippen LogP contribution in [0, 0.1) is 0 Å². The van der Waals surface area contributed by atoms with Crippen molar-refractivity contribution in [2.24, 2.45) is 0 Å². The molecule has 0 spiro atoms. The van der Waals surface area contributed by atoms with Crippen LogP contribution in [0.3, 0.4) is 0 Å². The minimum atomic E-state index is -0.876. The maximum atomic E-state index is 11.1. The maximum Gasteiger partial charge on any atom is 0.317 e. The van der Waals surface area contributed by atoms with Crippen LogP contribution in [0.5, 0.6) is 0 Å². The van der Waals surface area contributed by atoms with Crippen molar-refractivity contribution in [3.05, 3.63) is 72.7 Å². The van der Waals surface area contributed by atoms with E-state index in [1.807, 2.05) is 41.3 Å². The van der Waals surface area contributed by atoms with Crippen molar-refractivity contribution in [1.29, 1.82) is 0 Å². The lowest BCUT2D eigenvalue weighted by atomic mass is 10.0. The standard InChI is InChI=1S/C16H17NO3/c1-2-10-17(12-15(18)19)16(14-9-6-11-20-14)13-7-4-3-5-8-13/h2-9,11,16H,1,10,12H2,(H,18,19). The molecule has 4 heteroatoms. The highest BCUT2D eigenvalue weighted by molar-refractivity contribution is 5.69. The van der Waals surface area contributed by atoms with E-state index in [1.54, 1.807) is 18.4 Å². The van der Waals surface area contributed by atoms with Gasteiger partial charge in [0.05, 0.1) is 18.8 Å².